The highest BCUT2D eigenvalue weighted by atomic mass is 35.5. The molecule has 0 atom stereocenters. The summed E-state index contributed by atoms with van der Waals surface area (Å²) < 4.78 is 7.38. The number of nitrogens with zero attached hydrogens (tertiary/aromatic N) is 2. The molecule has 0 N–H and O–H groups in total. The van der Waals surface area contributed by atoms with Crippen molar-refractivity contribution in [3.05, 3.63) is 58.9 Å². The second-order valence-corrected chi connectivity index (χ2v) is 4.77. The van der Waals surface area contributed by atoms with Gasteiger partial charge >= 0.3 is 0 Å². The van der Waals surface area contributed by atoms with Gasteiger partial charge in [-0.15, -0.1) is 0 Å². The van der Waals surface area contributed by atoms with Crippen LogP contribution in [0.3, 0.4) is 0 Å². The predicted octanol–water partition coefficient (Wildman–Crippen LogP) is 3.90. The molecule has 0 unspecified atom stereocenters. The molecule has 3 rings (SSSR count). The topological polar surface area (TPSA) is 43.6 Å². The number of rotatable bonds is 3. The number of fused-ring (bicyclic) bond motifs is 1. The SMILES string of the molecule is Cc1cc(Oc2nc3ccccn3c2C=O)ccc1Cl. The van der Waals surface area contributed by atoms with Crippen LogP contribution in [0.15, 0.2) is 42.6 Å². The highest BCUT2D eigenvalue weighted by Crippen LogP contribution is 2.27. The minimum Gasteiger partial charge on any atom is -0.437 e. The van der Waals surface area contributed by atoms with E-state index in [0.717, 1.165) is 11.8 Å². The fourth-order valence-electron chi connectivity index (χ4n) is 1.97. The first-order valence-corrected chi connectivity index (χ1v) is 6.43. The summed E-state index contributed by atoms with van der Waals surface area (Å²) in [5.74, 6) is 0.881. The van der Waals surface area contributed by atoms with Crippen molar-refractivity contribution in [2.45, 2.75) is 6.92 Å². The molecule has 0 radical (unpaired) electrons. The van der Waals surface area contributed by atoms with Gasteiger partial charge in [0.05, 0.1) is 0 Å². The molecule has 0 aliphatic heterocycles. The average Bonchev–Trinajstić information content (AvgIpc) is 2.80. The van der Waals surface area contributed by atoms with Crippen LogP contribution in [0, 0.1) is 6.92 Å². The highest BCUT2D eigenvalue weighted by Gasteiger charge is 2.13. The summed E-state index contributed by atoms with van der Waals surface area (Å²) in [5.41, 5.74) is 1.95. The van der Waals surface area contributed by atoms with E-state index in [1.54, 1.807) is 28.8 Å². The largest absolute Gasteiger partial charge is 0.437 e. The van der Waals surface area contributed by atoms with Crippen LogP contribution >= 0.6 is 11.6 Å². The third-order valence-electron chi connectivity index (χ3n) is 2.99. The number of halogens is 1. The maximum atomic E-state index is 11.3. The van der Waals surface area contributed by atoms with E-state index in [9.17, 15) is 4.79 Å². The van der Waals surface area contributed by atoms with E-state index in [0.29, 0.717) is 22.1 Å². The lowest BCUT2D eigenvalue weighted by atomic mass is 10.2. The van der Waals surface area contributed by atoms with Gasteiger partial charge in [-0.1, -0.05) is 17.7 Å². The first kappa shape index (κ1) is 12.7. The van der Waals surface area contributed by atoms with Crippen molar-refractivity contribution in [3.63, 3.8) is 0 Å². The summed E-state index contributed by atoms with van der Waals surface area (Å²) in [6.45, 7) is 1.89. The van der Waals surface area contributed by atoms with Crippen LogP contribution in [0.2, 0.25) is 5.02 Å². The second kappa shape index (κ2) is 4.98. The van der Waals surface area contributed by atoms with E-state index in [-0.39, 0.29) is 5.88 Å². The Hall–Kier alpha value is -2.33. The number of benzene rings is 1. The number of ether oxygens (including phenoxy) is 1. The Balaban J connectivity index is 2.05. The molecular formula is C15H11ClN2O2. The van der Waals surface area contributed by atoms with Gasteiger partial charge in [-0.3, -0.25) is 9.20 Å². The van der Waals surface area contributed by atoms with Gasteiger partial charge in [0.2, 0.25) is 5.88 Å². The molecule has 4 nitrogen and oxygen atoms in total. The molecule has 0 aliphatic rings. The summed E-state index contributed by atoms with van der Waals surface area (Å²) in [7, 11) is 0. The van der Waals surface area contributed by atoms with E-state index >= 15 is 0 Å². The van der Waals surface area contributed by atoms with Crippen molar-refractivity contribution < 1.29 is 9.53 Å². The Kier molecular flexibility index (Phi) is 3.16. The molecule has 3 aromatic rings. The van der Waals surface area contributed by atoms with Gasteiger partial charge in [-0.25, -0.2) is 0 Å². The van der Waals surface area contributed by atoms with Gasteiger partial charge in [0.1, 0.15) is 11.4 Å². The van der Waals surface area contributed by atoms with Crippen LogP contribution in [-0.2, 0) is 0 Å². The maximum absolute atomic E-state index is 11.3. The van der Waals surface area contributed by atoms with Crippen molar-refractivity contribution in [2.24, 2.45) is 0 Å². The fraction of sp³-hybridized carbons (Fsp3) is 0.0667. The number of pyridine rings is 1. The van der Waals surface area contributed by atoms with Gasteiger partial charge in [0.15, 0.2) is 12.0 Å². The summed E-state index contributed by atoms with van der Waals surface area (Å²) >= 11 is 5.97. The van der Waals surface area contributed by atoms with Crippen molar-refractivity contribution in [1.82, 2.24) is 9.38 Å². The van der Waals surface area contributed by atoms with Gasteiger partial charge in [0, 0.05) is 11.2 Å². The average molecular weight is 287 g/mol. The Morgan fingerprint density at radius 3 is 2.90 bits per heavy atom. The molecule has 0 amide bonds. The molecule has 2 heterocycles. The van der Waals surface area contributed by atoms with E-state index in [2.05, 4.69) is 4.98 Å². The number of hydrogen-bond acceptors (Lipinski definition) is 3. The van der Waals surface area contributed by atoms with E-state index in [1.807, 2.05) is 25.1 Å². The minimum atomic E-state index is 0.285. The predicted molar refractivity (Wildman–Crippen MR) is 76.8 cm³/mol. The number of aromatic nitrogens is 2. The lowest BCUT2D eigenvalue weighted by Gasteiger charge is -2.05. The van der Waals surface area contributed by atoms with Crippen LogP contribution in [0.4, 0.5) is 0 Å². The van der Waals surface area contributed by atoms with Gasteiger partial charge in [-0.05, 0) is 42.8 Å². The summed E-state index contributed by atoms with van der Waals surface area (Å²) in [6, 6.07) is 10.8. The van der Waals surface area contributed by atoms with Crippen LogP contribution < -0.4 is 4.74 Å². The Labute approximate surface area is 120 Å². The van der Waals surface area contributed by atoms with Gasteiger partial charge < -0.3 is 4.74 Å². The standard InChI is InChI=1S/C15H11ClN2O2/c1-10-8-11(5-6-12(10)16)20-15-13(9-19)18-7-3-2-4-14(18)17-15/h2-9H,1H3. The lowest BCUT2D eigenvalue weighted by molar-refractivity contribution is 0.111. The van der Waals surface area contributed by atoms with Crippen molar-refractivity contribution in [1.29, 1.82) is 0 Å². The van der Waals surface area contributed by atoms with Crippen molar-refractivity contribution in [2.75, 3.05) is 0 Å². The fourth-order valence-corrected chi connectivity index (χ4v) is 2.09. The molecule has 100 valence electrons. The van der Waals surface area contributed by atoms with E-state index in [4.69, 9.17) is 16.3 Å². The molecule has 20 heavy (non-hydrogen) atoms. The number of hydrogen-bond donors (Lipinski definition) is 0. The zero-order valence-corrected chi connectivity index (χ0v) is 11.5. The Morgan fingerprint density at radius 2 is 2.15 bits per heavy atom. The quantitative estimate of drug-likeness (QED) is 0.686. The normalized spacial score (nSPS) is 10.7. The third kappa shape index (κ3) is 2.14. The monoisotopic (exact) mass is 286 g/mol. The molecule has 0 saturated carbocycles. The Bertz CT molecular complexity index is 796. The lowest BCUT2D eigenvalue weighted by Crippen LogP contribution is -1.93. The van der Waals surface area contributed by atoms with Crippen LogP contribution in [0.5, 0.6) is 11.6 Å². The number of carbonyl (C=O) groups is 1. The number of carbonyl (C=O) groups excluding carboxylic acids is 1. The van der Waals surface area contributed by atoms with E-state index in [1.165, 1.54) is 0 Å². The van der Waals surface area contributed by atoms with E-state index < -0.39 is 0 Å². The molecule has 0 bridgehead atoms. The molecular weight excluding hydrogens is 276 g/mol. The second-order valence-electron chi connectivity index (χ2n) is 4.36. The first-order chi connectivity index (χ1) is 9.69. The zero-order valence-electron chi connectivity index (χ0n) is 10.7. The van der Waals surface area contributed by atoms with Gasteiger partial charge in [-0.2, -0.15) is 4.98 Å². The summed E-state index contributed by atoms with van der Waals surface area (Å²) in [6.07, 6.45) is 2.50. The Morgan fingerprint density at radius 1 is 1.30 bits per heavy atom. The smallest absolute Gasteiger partial charge is 0.249 e. The minimum absolute atomic E-state index is 0.285. The molecule has 0 spiro atoms. The van der Waals surface area contributed by atoms with Crippen molar-refractivity contribution in [3.8, 4) is 11.6 Å². The summed E-state index contributed by atoms with van der Waals surface area (Å²) in [5, 5.41) is 0.669. The molecule has 0 aliphatic carbocycles. The molecule has 5 heteroatoms. The molecule has 2 aromatic heterocycles. The first-order valence-electron chi connectivity index (χ1n) is 6.05. The number of aldehydes is 1. The number of imidazole rings is 1. The maximum Gasteiger partial charge on any atom is 0.249 e. The van der Waals surface area contributed by atoms with Crippen LogP contribution in [0.1, 0.15) is 16.1 Å². The number of aryl methyl sites for hydroxylation is 1. The molecule has 0 saturated heterocycles. The van der Waals surface area contributed by atoms with Crippen LogP contribution in [0.25, 0.3) is 5.65 Å². The zero-order chi connectivity index (χ0) is 14.1. The third-order valence-corrected chi connectivity index (χ3v) is 3.41. The molecule has 1 aromatic carbocycles. The molecule has 0 fully saturated rings. The summed E-state index contributed by atoms with van der Waals surface area (Å²) in [4.78, 5) is 15.6. The van der Waals surface area contributed by atoms with Crippen LogP contribution in [-0.4, -0.2) is 15.7 Å². The highest BCUT2D eigenvalue weighted by molar-refractivity contribution is 6.31. The van der Waals surface area contributed by atoms with Crippen molar-refractivity contribution >= 4 is 23.5 Å². The van der Waals surface area contributed by atoms with Gasteiger partial charge in [0.25, 0.3) is 0 Å².